The van der Waals surface area contributed by atoms with Crippen molar-refractivity contribution in [2.45, 2.75) is 12.1 Å². The first kappa shape index (κ1) is 5.65. The number of rotatable bonds is 1. The topological polar surface area (TPSA) is 32.6 Å². The van der Waals surface area contributed by atoms with Gasteiger partial charge in [-0.25, -0.2) is 5.32 Å². The SMILES string of the molecule is C1COC(C2C[N]2)CO1. The Morgan fingerprint density at radius 2 is 2.22 bits per heavy atom. The van der Waals surface area contributed by atoms with E-state index < -0.39 is 0 Å². The van der Waals surface area contributed by atoms with Gasteiger partial charge >= 0.3 is 0 Å². The van der Waals surface area contributed by atoms with Crippen LogP contribution in [0.15, 0.2) is 0 Å². The summed E-state index contributed by atoms with van der Waals surface area (Å²) in [5.41, 5.74) is 0. The lowest BCUT2D eigenvalue weighted by molar-refractivity contribution is -0.0877. The Bertz CT molecular complexity index is 97.2. The Labute approximate surface area is 54.3 Å². The summed E-state index contributed by atoms with van der Waals surface area (Å²) in [5, 5.41) is 4.12. The second-order valence-electron chi connectivity index (χ2n) is 2.42. The van der Waals surface area contributed by atoms with Gasteiger partial charge in [0.05, 0.1) is 32.0 Å². The van der Waals surface area contributed by atoms with Crippen molar-refractivity contribution >= 4 is 0 Å². The van der Waals surface area contributed by atoms with Crippen LogP contribution in [0.5, 0.6) is 0 Å². The minimum absolute atomic E-state index is 0.277. The molecule has 0 aliphatic carbocycles. The Hall–Kier alpha value is -0.120. The second-order valence-corrected chi connectivity index (χ2v) is 2.42. The van der Waals surface area contributed by atoms with E-state index in [2.05, 4.69) is 5.32 Å². The average molecular weight is 128 g/mol. The molecule has 0 amide bonds. The summed E-state index contributed by atoms with van der Waals surface area (Å²) in [4.78, 5) is 0. The van der Waals surface area contributed by atoms with Gasteiger partial charge in [0.25, 0.3) is 0 Å². The van der Waals surface area contributed by atoms with Gasteiger partial charge in [0.1, 0.15) is 0 Å². The third kappa shape index (κ3) is 1.23. The van der Waals surface area contributed by atoms with Crippen molar-refractivity contribution in [3.8, 4) is 0 Å². The fraction of sp³-hybridized carbons (Fsp3) is 1.00. The molecule has 0 N–H and O–H groups in total. The third-order valence-corrected chi connectivity index (χ3v) is 1.66. The molecule has 51 valence electrons. The highest BCUT2D eigenvalue weighted by Gasteiger charge is 2.34. The molecule has 1 radical (unpaired) electrons. The monoisotopic (exact) mass is 128 g/mol. The average Bonchev–Trinajstić information content (AvgIpc) is 2.71. The van der Waals surface area contributed by atoms with Crippen molar-refractivity contribution in [3.05, 3.63) is 0 Å². The van der Waals surface area contributed by atoms with E-state index in [0.29, 0.717) is 6.04 Å². The molecule has 3 heteroatoms. The van der Waals surface area contributed by atoms with Gasteiger partial charge in [0, 0.05) is 6.54 Å². The van der Waals surface area contributed by atoms with Crippen molar-refractivity contribution in [2.24, 2.45) is 0 Å². The molecular formula is C6H10NO2. The summed E-state index contributed by atoms with van der Waals surface area (Å²) >= 11 is 0. The molecule has 2 saturated heterocycles. The molecule has 0 aromatic heterocycles. The van der Waals surface area contributed by atoms with Crippen molar-refractivity contribution < 1.29 is 9.47 Å². The van der Waals surface area contributed by atoms with E-state index in [1.165, 1.54) is 0 Å². The summed E-state index contributed by atoms with van der Waals surface area (Å²) in [6, 6.07) is 0.463. The first-order valence-electron chi connectivity index (χ1n) is 3.33. The fourth-order valence-corrected chi connectivity index (χ4v) is 1.02. The van der Waals surface area contributed by atoms with Crippen LogP contribution in [0.2, 0.25) is 0 Å². The predicted molar refractivity (Wildman–Crippen MR) is 31.3 cm³/mol. The summed E-state index contributed by atoms with van der Waals surface area (Å²) < 4.78 is 10.6. The van der Waals surface area contributed by atoms with E-state index in [0.717, 1.165) is 26.4 Å². The lowest BCUT2D eigenvalue weighted by Gasteiger charge is -2.21. The number of hydrogen-bond acceptors (Lipinski definition) is 2. The first-order valence-corrected chi connectivity index (χ1v) is 3.33. The largest absolute Gasteiger partial charge is 0.376 e. The van der Waals surface area contributed by atoms with Gasteiger partial charge < -0.3 is 9.47 Å². The Kier molecular flexibility index (Phi) is 1.41. The standard InChI is InChI=1S/C6H10NO2/c1-2-9-6(4-8-1)5-3-7-5/h5-6H,1-4H2. The molecule has 2 unspecified atom stereocenters. The Morgan fingerprint density at radius 1 is 1.33 bits per heavy atom. The van der Waals surface area contributed by atoms with Crippen molar-refractivity contribution in [1.82, 2.24) is 5.32 Å². The van der Waals surface area contributed by atoms with Gasteiger partial charge in [-0.3, -0.25) is 0 Å². The quantitative estimate of drug-likeness (QED) is 0.441. The zero-order valence-electron chi connectivity index (χ0n) is 5.25. The molecule has 2 heterocycles. The summed E-state index contributed by atoms with van der Waals surface area (Å²) in [6.07, 6.45) is 0.277. The van der Waals surface area contributed by atoms with Crippen LogP contribution < -0.4 is 5.32 Å². The zero-order valence-corrected chi connectivity index (χ0v) is 5.25. The minimum atomic E-state index is 0.277. The molecule has 0 bridgehead atoms. The number of ether oxygens (including phenoxy) is 2. The smallest absolute Gasteiger partial charge is 0.0991 e. The van der Waals surface area contributed by atoms with Gasteiger partial charge in [0.15, 0.2) is 0 Å². The molecule has 0 aromatic rings. The molecule has 2 aliphatic heterocycles. The molecule has 0 spiro atoms. The van der Waals surface area contributed by atoms with E-state index in [1.807, 2.05) is 0 Å². The molecule has 0 saturated carbocycles. The molecule has 2 atom stereocenters. The number of nitrogens with zero attached hydrogens (tertiary/aromatic N) is 1. The molecule has 9 heavy (non-hydrogen) atoms. The minimum Gasteiger partial charge on any atom is -0.376 e. The van der Waals surface area contributed by atoms with Crippen LogP contribution in [0.4, 0.5) is 0 Å². The van der Waals surface area contributed by atoms with Crippen LogP contribution in [-0.4, -0.2) is 38.5 Å². The van der Waals surface area contributed by atoms with E-state index in [1.54, 1.807) is 0 Å². The van der Waals surface area contributed by atoms with Gasteiger partial charge in [-0.15, -0.1) is 0 Å². The van der Waals surface area contributed by atoms with Crippen LogP contribution in [0.25, 0.3) is 0 Å². The number of hydrogen-bond donors (Lipinski definition) is 0. The third-order valence-electron chi connectivity index (χ3n) is 1.66. The second kappa shape index (κ2) is 2.25. The van der Waals surface area contributed by atoms with Gasteiger partial charge in [-0.05, 0) is 0 Å². The van der Waals surface area contributed by atoms with Gasteiger partial charge in [-0.2, -0.15) is 0 Å². The lowest BCUT2D eigenvalue weighted by Crippen LogP contribution is -2.33. The molecule has 2 aliphatic rings. The molecule has 2 fully saturated rings. The van der Waals surface area contributed by atoms with Crippen LogP contribution >= 0.6 is 0 Å². The van der Waals surface area contributed by atoms with E-state index in [-0.39, 0.29) is 6.10 Å². The summed E-state index contributed by atoms with van der Waals surface area (Å²) in [6.45, 7) is 3.22. The van der Waals surface area contributed by atoms with Gasteiger partial charge in [0.2, 0.25) is 0 Å². The van der Waals surface area contributed by atoms with Crippen LogP contribution in [-0.2, 0) is 9.47 Å². The predicted octanol–water partition coefficient (Wildman–Crippen LogP) is -0.612. The maximum absolute atomic E-state index is 5.38. The highest BCUT2D eigenvalue weighted by Crippen LogP contribution is 2.13. The molecule has 0 aromatic carbocycles. The van der Waals surface area contributed by atoms with Crippen LogP contribution in [0, 0.1) is 0 Å². The normalized spacial score (nSPS) is 42.7. The van der Waals surface area contributed by atoms with Crippen molar-refractivity contribution in [1.29, 1.82) is 0 Å². The maximum Gasteiger partial charge on any atom is 0.0991 e. The molecule has 3 nitrogen and oxygen atoms in total. The Morgan fingerprint density at radius 3 is 2.78 bits per heavy atom. The summed E-state index contributed by atoms with van der Waals surface area (Å²) in [5.74, 6) is 0. The first-order chi connectivity index (χ1) is 4.47. The highest BCUT2D eigenvalue weighted by molar-refractivity contribution is 4.91. The highest BCUT2D eigenvalue weighted by atomic mass is 16.6. The lowest BCUT2D eigenvalue weighted by atomic mass is 10.3. The van der Waals surface area contributed by atoms with E-state index in [4.69, 9.17) is 9.47 Å². The maximum atomic E-state index is 5.38. The Balaban J connectivity index is 1.80. The van der Waals surface area contributed by atoms with E-state index >= 15 is 0 Å². The molecule has 2 rings (SSSR count). The van der Waals surface area contributed by atoms with Crippen molar-refractivity contribution in [3.63, 3.8) is 0 Å². The zero-order chi connectivity index (χ0) is 6.10. The van der Waals surface area contributed by atoms with E-state index in [9.17, 15) is 0 Å². The molecular weight excluding hydrogens is 118 g/mol. The van der Waals surface area contributed by atoms with Crippen molar-refractivity contribution in [2.75, 3.05) is 26.4 Å². The van der Waals surface area contributed by atoms with Gasteiger partial charge in [-0.1, -0.05) is 0 Å². The fourth-order valence-electron chi connectivity index (χ4n) is 1.02. The summed E-state index contributed by atoms with van der Waals surface area (Å²) in [7, 11) is 0. The van der Waals surface area contributed by atoms with Crippen LogP contribution in [0.1, 0.15) is 0 Å². The van der Waals surface area contributed by atoms with Crippen LogP contribution in [0.3, 0.4) is 0 Å².